The Morgan fingerprint density at radius 2 is 1.12 bits per heavy atom. The van der Waals surface area contributed by atoms with Gasteiger partial charge in [-0.25, -0.2) is 9.97 Å². The van der Waals surface area contributed by atoms with E-state index in [2.05, 4.69) is 78.9 Å². The van der Waals surface area contributed by atoms with Crippen LogP contribution in [-0.4, -0.2) is 9.97 Å². The Hall–Kier alpha value is -5.74. The minimum atomic E-state index is 0.634. The van der Waals surface area contributed by atoms with Gasteiger partial charge in [-0.3, -0.25) is 0 Å². The van der Waals surface area contributed by atoms with Crippen LogP contribution in [0.25, 0.3) is 88.6 Å². The lowest BCUT2D eigenvalue weighted by atomic mass is 9.96. The Morgan fingerprint density at radius 1 is 0.452 bits per heavy atom. The number of hydrogen-bond donors (Lipinski definition) is 0. The normalized spacial score (nSPS) is 11.8. The minimum Gasteiger partial charge on any atom is -0.455 e. The SMILES string of the molecule is c1ccc(-c2nc(-c3ccc(-c4ccc5ccccc5c4)c4oc5ccccc5c34)nc3c2oc2ccccc23)cc1. The van der Waals surface area contributed by atoms with Gasteiger partial charge in [0.2, 0.25) is 0 Å². The maximum absolute atomic E-state index is 6.60. The molecule has 0 atom stereocenters. The quantitative estimate of drug-likeness (QED) is 0.224. The van der Waals surface area contributed by atoms with E-state index in [1.165, 1.54) is 10.8 Å². The molecule has 196 valence electrons. The summed E-state index contributed by atoms with van der Waals surface area (Å²) in [7, 11) is 0. The second kappa shape index (κ2) is 8.88. The van der Waals surface area contributed by atoms with Crippen LogP contribution >= 0.6 is 0 Å². The van der Waals surface area contributed by atoms with Crippen LogP contribution in [0.15, 0.2) is 142 Å². The number of benzene rings is 6. The van der Waals surface area contributed by atoms with Gasteiger partial charge in [0.05, 0.1) is 0 Å². The van der Waals surface area contributed by atoms with Crippen molar-refractivity contribution < 1.29 is 8.83 Å². The van der Waals surface area contributed by atoms with E-state index in [0.717, 1.165) is 66.4 Å². The number of hydrogen-bond acceptors (Lipinski definition) is 4. The average Bonchev–Trinajstić information content (AvgIpc) is 3.63. The third kappa shape index (κ3) is 3.42. The van der Waals surface area contributed by atoms with Gasteiger partial charge in [0.15, 0.2) is 11.4 Å². The fourth-order valence-electron chi connectivity index (χ4n) is 6.10. The predicted molar refractivity (Wildman–Crippen MR) is 170 cm³/mol. The molecule has 0 bridgehead atoms. The van der Waals surface area contributed by atoms with E-state index >= 15 is 0 Å². The molecule has 0 saturated carbocycles. The fourth-order valence-corrected chi connectivity index (χ4v) is 6.10. The summed E-state index contributed by atoms with van der Waals surface area (Å²) < 4.78 is 12.9. The molecule has 0 spiro atoms. The number of aromatic nitrogens is 2. The molecule has 3 heterocycles. The second-order valence-corrected chi connectivity index (χ2v) is 10.6. The molecule has 9 aromatic rings. The van der Waals surface area contributed by atoms with Gasteiger partial charge in [0.25, 0.3) is 0 Å². The van der Waals surface area contributed by atoms with Crippen molar-refractivity contribution >= 4 is 54.8 Å². The summed E-state index contributed by atoms with van der Waals surface area (Å²) in [5.74, 6) is 0.634. The predicted octanol–water partition coefficient (Wildman–Crippen LogP) is 10.4. The number of fused-ring (bicyclic) bond motifs is 7. The number of nitrogens with zero attached hydrogens (tertiary/aromatic N) is 2. The summed E-state index contributed by atoms with van der Waals surface area (Å²) >= 11 is 0. The molecule has 4 heteroatoms. The zero-order valence-corrected chi connectivity index (χ0v) is 22.4. The van der Waals surface area contributed by atoms with Gasteiger partial charge in [-0.1, -0.05) is 97.1 Å². The molecule has 0 aliphatic rings. The van der Waals surface area contributed by atoms with Crippen molar-refractivity contribution in [3.05, 3.63) is 133 Å². The largest absolute Gasteiger partial charge is 0.455 e. The molecule has 42 heavy (non-hydrogen) atoms. The van der Waals surface area contributed by atoms with E-state index in [4.69, 9.17) is 18.8 Å². The third-order valence-electron chi connectivity index (χ3n) is 8.09. The summed E-state index contributed by atoms with van der Waals surface area (Å²) in [6.07, 6.45) is 0. The third-order valence-corrected chi connectivity index (χ3v) is 8.09. The first-order chi connectivity index (χ1) is 20.8. The molecule has 0 aliphatic carbocycles. The molecule has 0 saturated heterocycles. The lowest BCUT2D eigenvalue weighted by Gasteiger charge is -2.10. The number of furan rings is 2. The van der Waals surface area contributed by atoms with Gasteiger partial charge in [0, 0.05) is 32.8 Å². The highest BCUT2D eigenvalue weighted by Gasteiger charge is 2.22. The smallest absolute Gasteiger partial charge is 0.180 e. The van der Waals surface area contributed by atoms with Gasteiger partial charge < -0.3 is 8.83 Å². The van der Waals surface area contributed by atoms with Gasteiger partial charge in [0.1, 0.15) is 28.0 Å². The second-order valence-electron chi connectivity index (χ2n) is 10.6. The minimum absolute atomic E-state index is 0.634. The highest BCUT2D eigenvalue weighted by molar-refractivity contribution is 6.16. The van der Waals surface area contributed by atoms with Crippen LogP contribution in [0.4, 0.5) is 0 Å². The van der Waals surface area contributed by atoms with Gasteiger partial charge in [-0.05, 0) is 52.7 Å². The van der Waals surface area contributed by atoms with Crippen molar-refractivity contribution in [1.82, 2.24) is 9.97 Å². The first-order valence-corrected chi connectivity index (χ1v) is 14.0. The average molecular weight is 539 g/mol. The molecule has 3 aromatic heterocycles. The van der Waals surface area contributed by atoms with Crippen LogP contribution in [0.3, 0.4) is 0 Å². The summed E-state index contributed by atoms with van der Waals surface area (Å²) in [4.78, 5) is 10.3. The Labute approximate surface area is 240 Å². The first-order valence-electron chi connectivity index (χ1n) is 14.0. The Morgan fingerprint density at radius 3 is 1.98 bits per heavy atom. The Kier molecular flexibility index (Phi) is 4.87. The lowest BCUT2D eigenvalue weighted by molar-refractivity contribution is 0.667. The monoisotopic (exact) mass is 538 g/mol. The molecule has 9 rings (SSSR count). The van der Waals surface area contributed by atoms with Crippen LogP contribution in [-0.2, 0) is 0 Å². The highest BCUT2D eigenvalue weighted by atomic mass is 16.3. The van der Waals surface area contributed by atoms with Crippen molar-refractivity contribution in [1.29, 1.82) is 0 Å². The maximum atomic E-state index is 6.60. The number of rotatable bonds is 3. The summed E-state index contributed by atoms with van der Waals surface area (Å²) in [6, 6.07) is 45.6. The molecule has 6 aromatic carbocycles. The molecule has 0 amide bonds. The molecule has 4 nitrogen and oxygen atoms in total. The van der Waals surface area contributed by atoms with Crippen LogP contribution < -0.4 is 0 Å². The van der Waals surface area contributed by atoms with Crippen molar-refractivity contribution in [3.63, 3.8) is 0 Å². The van der Waals surface area contributed by atoms with Crippen LogP contribution in [0, 0.1) is 0 Å². The lowest BCUT2D eigenvalue weighted by Crippen LogP contribution is -1.95. The summed E-state index contributed by atoms with van der Waals surface area (Å²) in [5, 5.41) is 5.40. The van der Waals surface area contributed by atoms with E-state index in [9.17, 15) is 0 Å². The van der Waals surface area contributed by atoms with Gasteiger partial charge in [-0.2, -0.15) is 0 Å². The van der Waals surface area contributed by atoms with Crippen molar-refractivity contribution in [2.45, 2.75) is 0 Å². The van der Waals surface area contributed by atoms with Crippen LogP contribution in [0.1, 0.15) is 0 Å². The van der Waals surface area contributed by atoms with Crippen molar-refractivity contribution in [3.8, 4) is 33.8 Å². The molecule has 0 unspecified atom stereocenters. The van der Waals surface area contributed by atoms with Crippen LogP contribution in [0.5, 0.6) is 0 Å². The standard InChI is InChI=1S/C38H22N2O2/c1-2-11-24(12-3-1)34-37-35(29-15-7-9-17-32(29)42-37)40-38(39-34)30-21-20-27(26-19-18-23-10-4-5-13-25(23)22-26)36-33(30)28-14-6-8-16-31(28)41-36/h1-22H. The molecule has 0 fully saturated rings. The molecule has 0 radical (unpaired) electrons. The van der Waals surface area contributed by atoms with Crippen LogP contribution in [0.2, 0.25) is 0 Å². The van der Waals surface area contributed by atoms with E-state index in [0.29, 0.717) is 11.4 Å². The zero-order chi connectivity index (χ0) is 27.6. The first kappa shape index (κ1) is 23.0. The summed E-state index contributed by atoms with van der Waals surface area (Å²) in [6.45, 7) is 0. The van der Waals surface area contributed by atoms with Crippen molar-refractivity contribution in [2.24, 2.45) is 0 Å². The molecule has 0 aliphatic heterocycles. The van der Waals surface area contributed by atoms with E-state index in [1.807, 2.05) is 54.6 Å². The highest BCUT2D eigenvalue weighted by Crippen LogP contribution is 2.43. The van der Waals surface area contributed by atoms with Gasteiger partial charge >= 0.3 is 0 Å². The van der Waals surface area contributed by atoms with E-state index < -0.39 is 0 Å². The summed E-state index contributed by atoms with van der Waals surface area (Å²) in [5.41, 5.74) is 8.75. The Balaban J connectivity index is 1.37. The topological polar surface area (TPSA) is 52.1 Å². The molecular formula is C38H22N2O2. The van der Waals surface area contributed by atoms with E-state index in [-0.39, 0.29) is 0 Å². The van der Waals surface area contributed by atoms with Gasteiger partial charge in [-0.15, -0.1) is 0 Å². The number of para-hydroxylation sites is 2. The van der Waals surface area contributed by atoms with E-state index in [1.54, 1.807) is 0 Å². The zero-order valence-electron chi connectivity index (χ0n) is 22.4. The molecular weight excluding hydrogens is 516 g/mol. The Bertz CT molecular complexity index is 2470. The maximum Gasteiger partial charge on any atom is 0.180 e. The van der Waals surface area contributed by atoms with Crippen molar-refractivity contribution in [2.75, 3.05) is 0 Å². The fraction of sp³-hybridized carbons (Fsp3) is 0. The molecule has 0 N–H and O–H groups in total.